The molecule has 0 aromatic heterocycles. The zero-order chi connectivity index (χ0) is 12.5. The maximum atomic E-state index is 12.2. The lowest BCUT2D eigenvalue weighted by atomic mass is 10.0. The van der Waals surface area contributed by atoms with Gasteiger partial charge in [0.1, 0.15) is 0 Å². The van der Waals surface area contributed by atoms with Gasteiger partial charge >= 0.3 is 6.18 Å². The van der Waals surface area contributed by atoms with Crippen LogP contribution >= 0.6 is 35.6 Å². The first-order valence-electron chi connectivity index (χ1n) is 4.19. The Morgan fingerprint density at radius 2 is 1.76 bits per heavy atom. The second-order valence-corrected chi connectivity index (χ2v) is 4.02. The first-order chi connectivity index (χ1) is 7.23. The van der Waals surface area contributed by atoms with Crippen molar-refractivity contribution in [2.45, 2.75) is 18.3 Å². The monoisotopic (exact) mass is 309 g/mol. The fourth-order valence-electron chi connectivity index (χ4n) is 1.15. The van der Waals surface area contributed by atoms with E-state index in [0.29, 0.717) is 0 Å². The summed E-state index contributed by atoms with van der Waals surface area (Å²) in [6.45, 7) is 0. The van der Waals surface area contributed by atoms with Gasteiger partial charge in [0.15, 0.2) is 6.10 Å². The topological polar surface area (TPSA) is 46.2 Å². The van der Waals surface area contributed by atoms with E-state index in [2.05, 4.69) is 0 Å². The van der Waals surface area contributed by atoms with Crippen molar-refractivity contribution in [3.63, 3.8) is 0 Å². The lowest BCUT2D eigenvalue weighted by Crippen LogP contribution is -2.38. The minimum atomic E-state index is -4.79. The Kier molecular flexibility index (Phi) is 6.04. The summed E-state index contributed by atoms with van der Waals surface area (Å²) in [5.74, 6) is 0. The normalized spacial score (nSPS) is 15.0. The van der Waals surface area contributed by atoms with Crippen molar-refractivity contribution in [2.24, 2.45) is 5.73 Å². The summed E-state index contributed by atoms with van der Waals surface area (Å²) in [7, 11) is 0. The minimum absolute atomic E-state index is 0. The molecule has 0 amide bonds. The zero-order valence-corrected chi connectivity index (χ0v) is 10.5. The van der Waals surface area contributed by atoms with Crippen molar-refractivity contribution in [1.82, 2.24) is 0 Å². The number of hydrogen-bond donors (Lipinski definition) is 2. The molecule has 1 aromatic carbocycles. The smallest absolute Gasteiger partial charge is 0.382 e. The molecular formula is C9H9Cl3F3NO. The average Bonchev–Trinajstić information content (AvgIpc) is 2.14. The Morgan fingerprint density at radius 3 is 2.18 bits per heavy atom. The molecule has 0 aliphatic carbocycles. The van der Waals surface area contributed by atoms with E-state index in [1.807, 2.05) is 0 Å². The van der Waals surface area contributed by atoms with Gasteiger partial charge in [-0.3, -0.25) is 0 Å². The fraction of sp³-hybridized carbons (Fsp3) is 0.333. The van der Waals surface area contributed by atoms with E-state index in [-0.39, 0.29) is 28.0 Å². The van der Waals surface area contributed by atoms with Crippen LogP contribution in [0.5, 0.6) is 0 Å². The Balaban J connectivity index is 0.00000256. The Hall–Kier alpha value is -0.200. The standard InChI is InChI=1S/C9H8Cl2F3NO.ClH/c10-4-1-2-5(6(11)3-4)7(15)8(16)9(12,13)14;/h1-3,7-8,16H,15H2;1H/t7-,8-;/m0./s1. The summed E-state index contributed by atoms with van der Waals surface area (Å²) < 4.78 is 36.6. The maximum absolute atomic E-state index is 12.2. The highest BCUT2D eigenvalue weighted by molar-refractivity contribution is 6.35. The third kappa shape index (κ3) is 4.19. The van der Waals surface area contributed by atoms with Crippen LogP contribution in [-0.2, 0) is 0 Å². The summed E-state index contributed by atoms with van der Waals surface area (Å²) in [5, 5.41) is 9.23. The highest BCUT2D eigenvalue weighted by atomic mass is 35.5. The minimum Gasteiger partial charge on any atom is -0.382 e. The van der Waals surface area contributed by atoms with Gasteiger partial charge in [-0.15, -0.1) is 12.4 Å². The van der Waals surface area contributed by atoms with Crippen LogP contribution in [0, 0.1) is 0 Å². The summed E-state index contributed by atoms with van der Waals surface area (Å²) in [5.41, 5.74) is 5.27. The second-order valence-electron chi connectivity index (χ2n) is 3.18. The van der Waals surface area contributed by atoms with Gasteiger partial charge in [0.05, 0.1) is 6.04 Å². The molecule has 0 aliphatic rings. The largest absolute Gasteiger partial charge is 0.416 e. The van der Waals surface area contributed by atoms with Crippen LogP contribution in [0.4, 0.5) is 13.2 Å². The van der Waals surface area contributed by atoms with Crippen LogP contribution in [0.15, 0.2) is 18.2 Å². The maximum Gasteiger partial charge on any atom is 0.416 e. The van der Waals surface area contributed by atoms with Crippen molar-refractivity contribution in [3.05, 3.63) is 33.8 Å². The SMILES string of the molecule is Cl.N[C@@H](c1ccc(Cl)cc1Cl)[C@H](O)C(F)(F)F. The van der Waals surface area contributed by atoms with Crippen LogP contribution in [0.25, 0.3) is 0 Å². The van der Waals surface area contributed by atoms with Crippen molar-refractivity contribution in [1.29, 1.82) is 0 Å². The molecule has 17 heavy (non-hydrogen) atoms. The molecule has 0 saturated heterocycles. The molecule has 1 aromatic rings. The zero-order valence-electron chi connectivity index (χ0n) is 8.21. The molecule has 0 spiro atoms. The number of alkyl halides is 3. The predicted octanol–water partition coefficient (Wildman–Crippen LogP) is 3.34. The molecule has 0 radical (unpaired) electrons. The summed E-state index contributed by atoms with van der Waals surface area (Å²) in [6.07, 6.45) is -7.45. The summed E-state index contributed by atoms with van der Waals surface area (Å²) in [6, 6.07) is 2.24. The van der Waals surface area contributed by atoms with Gasteiger partial charge in [0.25, 0.3) is 0 Å². The van der Waals surface area contributed by atoms with Gasteiger partial charge in [-0.05, 0) is 17.7 Å². The number of rotatable bonds is 2. The first-order valence-corrected chi connectivity index (χ1v) is 4.94. The molecule has 8 heteroatoms. The van der Waals surface area contributed by atoms with Gasteiger partial charge in [0.2, 0.25) is 0 Å². The highest BCUT2D eigenvalue weighted by Crippen LogP contribution is 2.32. The van der Waals surface area contributed by atoms with Gasteiger partial charge in [-0.2, -0.15) is 13.2 Å². The number of hydrogen-bond acceptors (Lipinski definition) is 2. The van der Waals surface area contributed by atoms with Crippen LogP contribution in [0.1, 0.15) is 11.6 Å². The van der Waals surface area contributed by atoms with Gasteiger partial charge in [0, 0.05) is 10.0 Å². The lowest BCUT2D eigenvalue weighted by molar-refractivity contribution is -0.210. The molecule has 3 N–H and O–H groups in total. The number of aliphatic hydroxyl groups is 1. The third-order valence-electron chi connectivity index (χ3n) is 2.00. The number of nitrogens with two attached hydrogens (primary N) is 1. The van der Waals surface area contributed by atoms with E-state index in [1.165, 1.54) is 18.2 Å². The molecular weight excluding hydrogens is 301 g/mol. The Labute approximate surface area is 112 Å². The molecule has 2 nitrogen and oxygen atoms in total. The number of halogens is 6. The van der Waals surface area contributed by atoms with Crippen LogP contribution in [-0.4, -0.2) is 17.4 Å². The number of benzene rings is 1. The van der Waals surface area contributed by atoms with Crippen LogP contribution < -0.4 is 5.73 Å². The molecule has 98 valence electrons. The van der Waals surface area contributed by atoms with Crippen molar-refractivity contribution in [2.75, 3.05) is 0 Å². The molecule has 0 saturated carbocycles. The quantitative estimate of drug-likeness (QED) is 0.880. The Bertz CT molecular complexity index is 386. The highest BCUT2D eigenvalue weighted by Gasteiger charge is 2.43. The van der Waals surface area contributed by atoms with E-state index >= 15 is 0 Å². The van der Waals surface area contributed by atoms with Crippen LogP contribution in [0.2, 0.25) is 10.0 Å². The second kappa shape index (κ2) is 6.11. The summed E-state index contributed by atoms with van der Waals surface area (Å²) in [4.78, 5) is 0. The molecule has 0 aliphatic heterocycles. The van der Waals surface area contributed by atoms with E-state index in [1.54, 1.807) is 0 Å². The first kappa shape index (κ1) is 16.8. The molecule has 1 rings (SSSR count). The van der Waals surface area contributed by atoms with Crippen molar-refractivity contribution in [3.8, 4) is 0 Å². The van der Waals surface area contributed by atoms with Gasteiger partial charge in [-0.1, -0.05) is 29.3 Å². The molecule has 0 unspecified atom stereocenters. The average molecular weight is 311 g/mol. The Morgan fingerprint density at radius 1 is 1.24 bits per heavy atom. The third-order valence-corrected chi connectivity index (χ3v) is 2.56. The number of aliphatic hydroxyl groups excluding tert-OH is 1. The molecule has 0 heterocycles. The van der Waals surface area contributed by atoms with Crippen LogP contribution in [0.3, 0.4) is 0 Å². The van der Waals surface area contributed by atoms with E-state index < -0.39 is 18.3 Å². The predicted molar refractivity (Wildman–Crippen MR) is 62.7 cm³/mol. The van der Waals surface area contributed by atoms with E-state index in [4.69, 9.17) is 34.0 Å². The van der Waals surface area contributed by atoms with Gasteiger partial charge in [-0.25, -0.2) is 0 Å². The fourth-order valence-corrected chi connectivity index (χ4v) is 1.68. The van der Waals surface area contributed by atoms with Crippen molar-refractivity contribution < 1.29 is 18.3 Å². The van der Waals surface area contributed by atoms with Crippen molar-refractivity contribution >= 4 is 35.6 Å². The molecule has 0 fully saturated rings. The molecule has 2 atom stereocenters. The van der Waals surface area contributed by atoms with Gasteiger partial charge < -0.3 is 10.8 Å². The molecule has 0 bridgehead atoms. The van der Waals surface area contributed by atoms with E-state index in [9.17, 15) is 13.2 Å². The summed E-state index contributed by atoms with van der Waals surface area (Å²) >= 11 is 11.3. The lowest BCUT2D eigenvalue weighted by Gasteiger charge is -2.22. The van der Waals surface area contributed by atoms with E-state index in [0.717, 1.165) is 0 Å².